The molecule has 1 saturated heterocycles. The first-order chi connectivity index (χ1) is 14.0. The van der Waals surface area contributed by atoms with Crippen LogP contribution in [-0.4, -0.2) is 64.3 Å². The minimum atomic E-state index is -0.813. The number of pyridine rings is 1. The van der Waals surface area contributed by atoms with E-state index in [2.05, 4.69) is 22.9 Å². The third-order valence-electron chi connectivity index (χ3n) is 6.52. The number of carboxylic acid groups (broad SMARTS) is 1. The van der Waals surface area contributed by atoms with Crippen molar-refractivity contribution in [3.05, 3.63) is 24.0 Å². The summed E-state index contributed by atoms with van der Waals surface area (Å²) in [7, 11) is 0. The fourth-order valence-electron chi connectivity index (χ4n) is 4.82. The van der Waals surface area contributed by atoms with E-state index in [1.807, 2.05) is 19.1 Å². The SMILES string of the molecule is CCOc1ccc(C2(C#N)CCC(N3CCCN(C(=O)O)C(CC)C3)CC2)nc1. The summed E-state index contributed by atoms with van der Waals surface area (Å²) in [5.74, 6) is 0.733. The lowest BCUT2D eigenvalue weighted by Gasteiger charge is -2.40. The van der Waals surface area contributed by atoms with Gasteiger partial charge in [-0.3, -0.25) is 9.88 Å². The summed E-state index contributed by atoms with van der Waals surface area (Å²) in [6, 6.07) is 6.84. The molecule has 1 aromatic rings. The summed E-state index contributed by atoms with van der Waals surface area (Å²) < 4.78 is 5.47. The van der Waals surface area contributed by atoms with Crippen LogP contribution in [0.4, 0.5) is 4.79 Å². The molecule has 29 heavy (non-hydrogen) atoms. The van der Waals surface area contributed by atoms with Gasteiger partial charge in [0.15, 0.2) is 0 Å². The van der Waals surface area contributed by atoms with Crippen LogP contribution in [0.25, 0.3) is 0 Å². The van der Waals surface area contributed by atoms with Crippen LogP contribution in [0.2, 0.25) is 0 Å². The first-order valence-corrected chi connectivity index (χ1v) is 10.8. The summed E-state index contributed by atoms with van der Waals surface area (Å²) in [4.78, 5) is 20.2. The fraction of sp³-hybridized carbons (Fsp3) is 0.682. The van der Waals surface area contributed by atoms with Crippen molar-refractivity contribution in [2.75, 3.05) is 26.2 Å². The van der Waals surface area contributed by atoms with Crippen LogP contribution in [0.3, 0.4) is 0 Å². The minimum Gasteiger partial charge on any atom is -0.492 e. The van der Waals surface area contributed by atoms with E-state index in [0.29, 0.717) is 19.2 Å². The molecule has 2 heterocycles. The van der Waals surface area contributed by atoms with Crippen LogP contribution >= 0.6 is 0 Å². The van der Waals surface area contributed by atoms with E-state index in [1.54, 1.807) is 11.1 Å². The second-order valence-electron chi connectivity index (χ2n) is 8.12. The lowest BCUT2D eigenvalue weighted by atomic mass is 9.71. The van der Waals surface area contributed by atoms with E-state index in [-0.39, 0.29) is 6.04 Å². The second-order valence-corrected chi connectivity index (χ2v) is 8.12. The number of nitriles is 1. The van der Waals surface area contributed by atoms with Crippen molar-refractivity contribution in [2.24, 2.45) is 0 Å². The van der Waals surface area contributed by atoms with Gasteiger partial charge in [-0.1, -0.05) is 6.92 Å². The van der Waals surface area contributed by atoms with E-state index >= 15 is 0 Å². The van der Waals surface area contributed by atoms with E-state index in [4.69, 9.17) is 4.74 Å². The molecule has 0 bridgehead atoms. The zero-order valence-electron chi connectivity index (χ0n) is 17.5. The molecule has 1 atom stereocenters. The van der Waals surface area contributed by atoms with Crippen LogP contribution in [-0.2, 0) is 5.41 Å². The quantitative estimate of drug-likeness (QED) is 0.811. The van der Waals surface area contributed by atoms with E-state index in [0.717, 1.165) is 63.1 Å². The summed E-state index contributed by atoms with van der Waals surface area (Å²) in [5.41, 5.74) is 0.297. The molecule has 0 spiro atoms. The standard InChI is InChI=1S/C22H32N4O3/c1-3-17-15-25(12-5-13-26(17)21(27)28)18-8-10-22(16-23,11-9-18)20-7-6-19(14-24-20)29-4-2/h6-7,14,17-18H,3-5,8-13,15H2,1-2H3,(H,27,28). The minimum absolute atomic E-state index is 0.0467. The number of amides is 1. The molecule has 3 rings (SSSR count). The van der Waals surface area contributed by atoms with Gasteiger partial charge in [0.2, 0.25) is 0 Å². The number of nitrogens with zero attached hydrogens (tertiary/aromatic N) is 4. The molecular formula is C22H32N4O3. The van der Waals surface area contributed by atoms with Crippen molar-refractivity contribution in [3.63, 3.8) is 0 Å². The Hall–Kier alpha value is -2.33. The third-order valence-corrected chi connectivity index (χ3v) is 6.52. The summed E-state index contributed by atoms with van der Waals surface area (Å²) in [6.45, 7) is 6.91. The molecule has 1 saturated carbocycles. The molecule has 1 aromatic heterocycles. The molecule has 2 aliphatic rings. The Morgan fingerprint density at radius 1 is 1.34 bits per heavy atom. The highest BCUT2D eigenvalue weighted by Gasteiger charge is 2.41. The Kier molecular flexibility index (Phi) is 6.96. The molecule has 1 aliphatic heterocycles. The van der Waals surface area contributed by atoms with Crippen LogP contribution in [0.5, 0.6) is 5.75 Å². The average Bonchev–Trinajstić information content (AvgIpc) is 2.97. The molecule has 0 radical (unpaired) electrons. The molecule has 7 heteroatoms. The zero-order valence-corrected chi connectivity index (χ0v) is 17.5. The number of carbonyl (C=O) groups is 1. The first-order valence-electron chi connectivity index (χ1n) is 10.8. The van der Waals surface area contributed by atoms with Gasteiger partial charge in [-0.25, -0.2) is 4.79 Å². The van der Waals surface area contributed by atoms with E-state index < -0.39 is 11.5 Å². The van der Waals surface area contributed by atoms with Gasteiger partial charge in [0.1, 0.15) is 5.75 Å². The number of rotatable bonds is 5. The van der Waals surface area contributed by atoms with Crippen molar-refractivity contribution < 1.29 is 14.6 Å². The Morgan fingerprint density at radius 2 is 2.10 bits per heavy atom. The predicted molar refractivity (Wildman–Crippen MR) is 110 cm³/mol. The molecule has 7 nitrogen and oxygen atoms in total. The van der Waals surface area contributed by atoms with Gasteiger partial charge in [0.25, 0.3) is 0 Å². The number of hydrogen-bond acceptors (Lipinski definition) is 5. The largest absolute Gasteiger partial charge is 0.492 e. The molecule has 1 amide bonds. The van der Waals surface area contributed by atoms with Crippen LogP contribution < -0.4 is 4.74 Å². The molecule has 1 N–H and O–H groups in total. The fourth-order valence-corrected chi connectivity index (χ4v) is 4.82. The monoisotopic (exact) mass is 400 g/mol. The predicted octanol–water partition coefficient (Wildman–Crippen LogP) is 3.65. The maximum atomic E-state index is 11.6. The second kappa shape index (κ2) is 9.45. The maximum Gasteiger partial charge on any atom is 0.407 e. The lowest BCUT2D eigenvalue weighted by molar-refractivity contribution is 0.101. The zero-order chi connectivity index (χ0) is 20.9. The van der Waals surface area contributed by atoms with Crippen molar-refractivity contribution in [1.29, 1.82) is 5.26 Å². The van der Waals surface area contributed by atoms with Crippen LogP contribution in [0, 0.1) is 11.3 Å². The normalized spacial score (nSPS) is 28.4. The van der Waals surface area contributed by atoms with Crippen molar-refractivity contribution in [2.45, 2.75) is 69.9 Å². The molecular weight excluding hydrogens is 368 g/mol. The van der Waals surface area contributed by atoms with Gasteiger partial charge >= 0.3 is 6.09 Å². The Bertz CT molecular complexity index is 723. The lowest BCUT2D eigenvalue weighted by Crippen LogP contribution is -2.48. The number of aromatic nitrogens is 1. The highest BCUT2D eigenvalue weighted by molar-refractivity contribution is 5.65. The topological polar surface area (TPSA) is 89.7 Å². The van der Waals surface area contributed by atoms with Gasteiger partial charge in [0, 0.05) is 31.7 Å². The smallest absolute Gasteiger partial charge is 0.407 e. The summed E-state index contributed by atoms with van der Waals surface area (Å²) in [5, 5.41) is 19.5. The molecule has 0 aromatic carbocycles. The Balaban J connectivity index is 1.66. The molecule has 2 fully saturated rings. The maximum absolute atomic E-state index is 11.6. The van der Waals surface area contributed by atoms with Crippen LogP contribution in [0.1, 0.15) is 58.1 Å². The molecule has 1 unspecified atom stereocenters. The van der Waals surface area contributed by atoms with Crippen molar-refractivity contribution in [3.8, 4) is 11.8 Å². The third kappa shape index (κ3) is 4.64. The highest BCUT2D eigenvalue weighted by atomic mass is 16.5. The van der Waals surface area contributed by atoms with Crippen LogP contribution in [0.15, 0.2) is 18.3 Å². The Morgan fingerprint density at radius 3 is 2.66 bits per heavy atom. The number of ether oxygens (including phenoxy) is 1. The highest BCUT2D eigenvalue weighted by Crippen LogP contribution is 2.40. The average molecular weight is 401 g/mol. The van der Waals surface area contributed by atoms with Crippen molar-refractivity contribution >= 4 is 6.09 Å². The summed E-state index contributed by atoms with van der Waals surface area (Å²) >= 11 is 0. The number of hydrogen-bond donors (Lipinski definition) is 1. The first kappa shape index (κ1) is 21.4. The van der Waals surface area contributed by atoms with Gasteiger partial charge in [0.05, 0.1) is 30.0 Å². The Labute approximate surface area is 173 Å². The van der Waals surface area contributed by atoms with Gasteiger partial charge in [-0.05, 0) is 57.6 Å². The molecule has 1 aliphatic carbocycles. The summed E-state index contributed by atoms with van der Waals surface area (Å²) in [6.07, 6.45) is 6.03. The van der Waals surface area contributed by atoms with E-state index in [9.17, 15) is 15.2 Å². The van der Waals surface area contributed by atoms with Gasteiger partial charge in [-0.2, -0.15) is 5.26 Å². The van der Waals surface area contributed by atoms with E-state index in [1.165, 1.54) is 0 Å². The van der Waals surface area contributed by atoms with Gasteiger partial charge in [-0.15, -0.1) is 0 Å². The van der Waals surface area contributed by atoms with Crippen molar-refractivity contribution in [1.82, 2.24) is 14.8 Å². The molecule has 158 valence electrons. The van der Waals surface area contributed by atoms with Gasteiger partial charge < -0.3 is 14.7 Å².